The fourth-order valence-corrected chi connectivity index (χ4v) is 2.13. The van der Waals surface area contributed by atoms with Gasteiger partial charge in [0.1, 0.15) is 0 Å². The van der Waals surface area contributed by atoms with Crippen LogP contribution < -0.4 is 0 Å². The van der Waals surface area contributed by atoms with Gasteiger partial charge in [0.05, 0.1) is 18.4 Å². The summed E-state index contributed by atoms with van der Waals surface area (Å²) >= 11 is 1.60. The number of nitrogens with zero attached hydrogens (tertiary/aromatic N) is 2. The highest BCUT2D eigenvalue weighted by Crippen LogP contribution is 2.09. The Labute approximate surface area is 100 Å². The fraction of sp³-hybridized carbons (Fsp3) is 0.500. The number of nitriles is 1. The standard InChI is InChI=1S/C12H16N2OS/c1-3-14(8-10(2)7-13)12(15)6-11-4-5-16-9-11/h4-5,9-10H,3,6,8H2,1-2H3. The molecule has 0 aliphatic rings. The average Bonchev–Trinajstić information content (AvgIpc) is 2.77. The van der Waals surface area contributed by atoms with Crippen molar-refractivity contribution in [1.82, 2.24) is 4.90 Å². The Morgan fingerprint density at radius 1 is 1.69 bits per heavy atom. The van der Waals surface area contributed by atoms with Gasteiger partial charge in [-0.05, 0) is 36.2 Å². The van der Waals surface area contributed by atoms with E-state index in [4.69, 9.17) is 5.26 Å². The maximum Gasteiger partial charge on any atom is 0.227 e. The molecule has 0 saturated carbocycles. The number of rotatable bonds is 5. The van der Waals surface area contributed by atoms with E-state index in [9.17, 15) is 4.79 Å². The van der Waals surface area contributed by atoms with E-state index in [1.165, 1.54) is 0 Å². The number of amides is 1. The smallest absolute Gasteiger partial charge is 0.227 e. The summed E-state index contributed by atoms with van der Waals surface area (Å²) in [5.74, 6) is -0.00521. The summed E-state index contributed by atoms with van der Waals surface area (Å²) in [5, 5.41) is 12.7. The summed E-state index contributed by atoms with van der Waals surface area (Å²) in [5.41, 5.74) is 1.05. The Kier molecular flexibility index (Phi) is 5.00. The van der Waals surface area contributed by atoms with Gasteiger partial charge >= 0.3 is 0 Å². The van der Waals surface area contributed by atoms with Gasteiger partial charge in [0.2, 0.25) is 5.91 Å². The van der Waals surface area contributed by atoms with E-state index < -0.39 is 0 Å². The highest BCUT2D eigenvalue weighted by Gasteiger charge is 2.15. The summed E-state index contributed by atoms with van der Waals surface area (Å²) in [4.78, 5) is 13.7. The molecule has 1 atom stereocenters. The second-order valence-corrected chi connectivity index (χ2v) is 4.55. The maximum atomic E-state index is 11.9. The summed E-state index contributed by atoms with van der Waals surface area (Å²) in [6, 6.07) is 4.11. The molecule has 0 fully saturated rings. The molecule has 0 aromatic carbocycles. The van der Waals surface area contributed by atoms with Crippen molar-refractivity contribution in [2.75, 3.05) is 13.1 Å². The number of carbonyl (C=O) groups excluding carboxylic acids is 1. The molecule has 4 heteroatoms. The van der Waals surface area contributed by atoms with Crippen LogP contribution in [0.3, 0.4) is 0 Å². The van der Waals surface area contributed by atoms with Gasteiger partial charge in [0.15, 0.2) is 0 Å². The van der Waals surface area contributed by atoms with Crippen molar-refractivity contribution < 1.29 is 4.79 Å². The summed E-state index contributed by atoms with van der Waals surface area (Å²) in [6.07, 6.45) is 0.440. The van der Waals surface area contributed by atoms with Crippen LogP contribution in [0.25, 0.3) is 0 Å². The fourth-order valence-electron chi connectivity index (χ4n) is 1.46. The van der Waals surface area contributed by atoms with Crippen LogP contribution in [0, 0.1) is 17.2 Å². The third kappa shape index (κ3) is 3.67. The predicted molar refractivity (Wildman–Crippen MR) is 65.1 cm³/mol. The first kappa shape index (κ1) is 12.7. The first-order valence-corrected chi connectivity index (χ1v) is 6.30. The van der Waals surface area contributed by atoms with Crippen molar-refractivity contribution >= 4 is 17.2 Å². The molecule has 1 amide bonds. The van der Waals surface area contributed by atoms with Gasteiger partial charge < -0.3 is 4.90 Å². The van der Waals surface area contributed by atoms with E-state index in [0.717, 1.165) is 5.56 Å². The van der Waals surface area contributed by atoms with E-state index in [1.807, 2.05) is 30.7 Å². The van der Waals surface area contributed by atoms with Crippen molar-refractivity contribution in [3.8, 4) is 6.07 Å². The molecule has 86 valence electrons. The lowest BCUT2D eigenvalue weighted by Gasteiger charge is -2.21. The molecular weight excluding hydrogens is 220 g/mol. The number of hydrogen-bond donors (Lipinski definition) is 0. The largest absolute Gasteiger partial charge is 0.341 e. The minimum atomic E-state index is -0.105. The second kappa shape index (κ2) is 6.29. The predicted octanol–water partition coefficient (Wildman–Crippen LogP) is 2.30. The first-order valence-electron chi connectivity index (χ1n) is 5.35. The lowest BCUT2D eigenvalue weighted by atomic mass is 10.1. The Hall–Kier alpha value is -1.34. The molecule has 1 aromatic heterocycles. The minimum Gasteiger partial charge on any atom is -0.341 e. The van der Waals surface area contributed by atoms with E-state index in [2.05, 4.69) is 6.07 Å². The second-order valence-electron chi connectivity index (χ2n) is 3.77. The van der Waals surface area contributed by atoms with E-state index >= 15 is 0 Å². The van der Waals surface area contributed by atoms with Crippen molar-refractivity contribution in [2.24, 2.45) is 5.92 Å². The maximum absolute atomic E-state index is 11.9. The molecule has 1 aromatic rings. The zero-order valence-corrected chi connectivity index (χ0v) is 10.5. The third-order valence-electron chi connectivity index (χ3n) is 2.38. The minimum absolute atomic E-state index is 0.100. The molecule has 0 spiro atoms. The molecule has 1 unspecified atom stereocenters. The van der Waals surface area contributed by atoms with E-state index in [0.29, 0.717) is 19.5 Å². The normalized spacial score (nSPS) is 11.8. The highest BCUT2D eigenvalue weighted by atomic mass is 32.1. The molecule has 0 radical (unpaired) electrons. The van der Waals surface area contributed by atoms with Gasteiger partial charge in [0.25, 0.3) is 0 Å². The van der Waals surface area contributed by atoms with E-state index in [1.54, 1.807) is 16.2 Å². The molecular formula is C12H16N2OS. The Balaban J connectivity index is 2.53. The third-order valence-corrected chi connectivity index (χ3v) is 3.12. The van der Waals surface area contributed by atoms with Gasteiger partial charge in [-0.15, -0.1) is 0 Å². The van der Waals surface area contributed by atoms with Crippen LogP contribution in [0.1, 0.15) is 19.4 Å². The van der Waals surface area contributed by atoms with Crippen molar-refractivity contribution in [3.05, 3.63) is 22.4 Å². The number of thiophene rings is 1. The zero-order chi connectivity index (χ0) is 12.0. The summed E-state index contributed by atoms with van der Waals surface area (Å²) in [7, 11) is 0. The Bertz CT molecular complexity index is 367. The van der Waals surface area contributed by atoms with Crippen LogP contribution in [0.15, 0.2) is 16.8 Å². The number of carbonyl (C=O) groups is 1. The Morgan fingerprint density at radius 3 is 2.94 bits per heavy atom. The molecule has 16 heavy (non-hydrogen) atoms. The van der Waals surface area contributed by atoms with Gasteiger partial charge in [-0.1, -0.05) is 0 Å². The molecule has 1 rings (SSSR count). The highest BCUT2D eigenvalue weighted by molar-refractivity contribution is 7.07. The quantitative estimate of drug-likeness (QED) is 0.787. The molecule has 1 heterocycles. The first-order chi connectivity index (χ1) is 7.67. The van der Waals surface area contributed by atoms with Crippen LogP contribution in [-0.2, 0) is 11.2 Å². The van der Waals surface area contributed by atoms with Gasteiger partial charge in [-0.25, -0.2) is 0 Å². The topological polar surface area (TPSA) is 44.1 Å². The zero-order valence-electron chi connectivity index (χ0n) is 9.64. The SMILES string of the molecule is CCN(CC(C)C#N)C(=O)Cc1ccsc1. The summed E-state index contributed by atoms with van der Waals surface area (Å²) in [6.45, 7) is 4.96. The van der Waals surface area contributed by atoms with Crippen LogP contribution in [0.2, 0.25) is 0 Å². The number of likely N-dealkylation sites (N-methyl/N-ethyl adjacent to an activating group) is 1. The lowest BCUT2D eigenvalue weighted by Crippen LogP contribution is -2.35. The number of hydrogen-bond acceptors (Lipinski definition) is 3. The van der Waals surface area contributed by atoms with Gasteiger partial charge in [-0.3, -0.25) is 4.79 Å². The van der Waals surface area contributed by atoms with Crippen LogP contribution >= 0.6 is 11.3 Å². The molecule has 3 nitrogen and oxygen atoms in total. The molecule has 0 aliphatic carbocycles. The lowest BCUT2D eigenvalue weighted by molar-refractivity contribution is -0.130. The molecule has 0 N–H and O–H groups in total. The van der Waals surface area contributed by atoms with Crippen LogP contribution in [0.5, 0.6) is 0 Å². The van der Waals surface area contributed by atoms with Crippen LogP contribution in [-0.4, -0.2) is 23.9 Å². The monoisotopic (exact) mass is 236 g/mol. The average molecular weight is 236 g/mol. The molecule has 0 bridgehead atoms. The van der Waals surface area contributed by atoms with Gasteiger partial charge in [0, 0.05) is 13.1 Å². The van der Waals surface area contributed by atoms with Crippen molar-refractivity contribution in [2.45, 2.75) is 20.3 Å². The van der Waals surface area contributed by atoms with E-state index in [-0.39, 0.29) is 11.8 Å². The van der Waals surface area contributed by atoms with Crippen molar-refractivity contribution in [1.29, 1.82) is 5.26 Å². The van der Waals surface area contributed by atoms with Crippen molar-refractivity contribution in [3.63, 3.8) is 0 Å². The van der Waals surface area contributed by atoms with Crippen LogP contribution in [0.4, 0.5) is 0 Å². The van der Waals surface area contributed by atoms with Gasteiger partial charge in [-0.2, -0.15) is 16.6 Å². The Morgan fingerprint density at radius 2 is 2.44 bits per heavy atom. The molecule has 0 saturated heterocycles. The molecule has 0 aliphatic heterocycles. The summed E-state index contributed by atoms with van der Waals surface area (Å²) < 4.78 is 0.